The van der Waals surface area contributed by atoms with Gasteiger partial charge >= 0.3 is 0 Å². The third-order valence-corrected chi connectivity index (χ3v) is 9.22. The maximum atomic E-state index is 13.1. The van der Waals surface area contributed by atoms with Crippen LogP contribution in [0.3, 0.4) is 0 Å². The second kappa shape index (κ2) is 9.44. The molecular formula is C27H26N10O3S. The summed E-state index contributed by atoms with van der Waals surface area (Å²) in [5.41, 5.74) is 10.6. The number of carbonyl (C=O) groups excluding carboxylic acids is 1. The van der Waals surface area contributed by atoms with Crippen molar-refractivity contribution in [2.75, 3.05) is 12.0 Å². The van der Waals surface area contributed by atoms with Gasteiger partial charge in [0, 0.05) is 59.5 Å². The number of aromatic amines is 1. The number of H-pyrrole nitrogens is 1. The summed E-state index contributed by atoms with van der Waals surface area (Å²) in [6.07, 6.45) is 12.0. The molecule has 7 heterocycles. The molecule has 14 heteroatoms. The number of pyridine rings is 2. The first-order valence-corrected chi connectivity index (χ1v) is 15.1. The average molecular weight is 571 g/mol. The Labute approximate surface area is 234 Å². The van der Waals surface area contributed by atoms with Crippen LogP contribution in [0.5, 0.6) is 0 Å². The van der Waals surface area contributed by atoms with Gasteiger partial charge in [-0.25, -0.2) is 18.4 Å². The molecule has 7 rings (SSSR count). The molecule has 1 unspecified atom stereocenters. The van der Waals surface area contributed by atoms with Gasteiger partial charge in [0.05, 0.1) is 17.6 Å². The van der Waals surface area contributed by atoms with Crippen molar-refractivity contribution in [3.8, 4) is 22.4 Å². The molecule has 0 saturated carbocycles. The molecule has 3 N–H and O–H groups in total. The molecule has 208 valence electrons. The monoisotopic (exact) mass is 570 g/mol. The van der Waals surface area contributed by atoms with Crippen LogP contribution in [0, 0.1) is 0 Å². The Bertz CT molecular complexity index is 1860. The van der Waals surface area contributed by atoms with E-state index in [-0.39, 0.29) is 40.4 Å². The number of fused-ring (bicyclic) bond motifs is 3. The number of nitrogen functional groups attached to an aromatic ring is 1. The Hall–Kier alpha value is -4.72. The second-order valence-electron chi connectivity index (χ2n) is 10.5. The number of hydrogen-bond donors (Lipinski definition) is 2. The summed E-state index contributed by atoms with van der Waals surface area (Å²) in [6.45, 7) is 0. The highest BCUT2D eigenvalue weighted by Crippen LogP contribution is 2.45. The lowest BCUT2D eigenvalue weighted by molar-refractivity contribution is 0.0556. The molecule has 13 nitrogen and oxygen atoms in total. The summed E-state index contributed by atoms with van der Waals surface area (Å²) >= 11 is 0. The lowest BCUT2D eigenvalue weighted by Crippen LogP contribution is -2.46. The van der Waals surface area contributed by atoms with E-state index in [9.17, 15) is 13.2 Å². The summed E-state index contributed by atoms with van der Waals surface area (Å²) in [7, 11) is -3.75. The number of carbonyl (C=O) groups is 1. The van der Waals surface area contributed by atoms with Crippen LogP contribution < -0.4 is 5.73 Å². The van der Waals surface area contributed by atoms with Gasteiger partial charge in [-0.1, -0.05) is 6.07 Å². The van der Waals surface area contributed by atoms with Crippen molar-refractivity contribution in [2.45, 2.75) is 48.6 Å². The Morgan fingerprint density at radius 1 is 1.02 bits per heavy atom. The molecule has 3 atom stereocenters. The van der Waals surface area contributed by atoms with Crippen LogP contribution in [0.2, 0.25) is 0 Å². The summed E-state index contributed by atoms with van der Waals surface area (Å²) in [4.78, 5) is 32.6. The van der Waals surface area contributed by atoms with E-state index in [1.807, 2.05) is 29.2 Å². The fourth-order valence-corrected chi connectivity index (χ4v) is 7.35. The smallest absolute Gasteiger partial charge is 0.291 e. The Kier molecular flexibility index (Phi) is 5.81. The highest BCUT2D eigenvalue weighted by molar-refractivity contribution is 7.91. The van der Waals surface area contributed by atoms with Crippen molar-refractivity contribution in [3.63, 3.8) is 0 Å². The van der Waals surface area contributed by atoms with Gasteiger partial charge in [-0.05, 0) is 43.9 Å². The molecule has 0 aliphatic carbocycles. The quantitative estimate of drug-likeness (QED) is 0.319. The van der Waals surface area contributed by atoms with Gasteiger partial charge < -0.3 is 10.6 Å². The Morgan fingerprint density at radius 2 is 1.78 bits per heavy atom. The average Bonchev–Trinajstić information content (AvgIpc) is 3.71. The molecule has 41 heavy (non-hydrogen) atoms. The number of aromatic nitrogens is 8. The van der Waals surface area contributed by atoms with Gasteiger partial charge in [-0.2, -0.15) is 14.7 Å². The molecule has 0 aromatic carbocycles. The van der Waals surface area contributed by atoms with Crippen LogP contribution in [0.1, 0.15) is 47.9 Å². The SMILES string of the molecule is CS(=O)(=O)c1c(C2C[C@H]3CC[C@@H](C2)N3C(=O)c2ncn[nH]2)nc2c(-c3ccc(-c4ccncc4)nc3)cnn2c1N. The standard InChI is InChI=1S/C27H26N10O3S/c1-41(39,40)23-22(17-10-18-3-4-19(11-17)36(18)27(38)25-31-14-32-35-25)34-26-20(13-33-37(26)24(23)28)16-2-5-21(30-12-16)15-6-8-29-9-7-15/h2,5-9,12-14,17-19H,3-4,10-11,28H2,1H3,(H,31,32,35)/t17?,18-,19+. The molecule has 0 radical (unpaired) electrons. The molecule has 5 aromatic heterocycles. The second-order valence-corrected chi connectivity index (χ2v) is 12.5. The van der Waals surface area contributed by atoms with Crippen molar-refractivity contribution in [1.82, 2.24) is 44.6 Å². The van der Waals surface area contributed by atoms with Gasteiger partial charge in [-0.3, -0.25) is 19.9 Å². The van der Waals surface area contributed by atoms with E-state index < -0.39 is 9.84 Å². The minimum atomic E-state index is -3.75. The van der Waals surface area contributed by atoms with Gasteiger partial charge in [0.15, 0.2) is 15.5 Å². The molecule has 2 aliphatic heterocycles. The van der Waals surface area contributed by atoms with Crippen LogP contribution in [-0.2, 0) is 9.84 Å². The maximum absolute atomic E-state index is 13.1. The normalized spacial score (nSPS) is 20.5. The number of hydrogen-bond acceptors (Lipinski definition) is 10. The van der Waals surface area contributed by atoms with Gasteiger partial charge in [0.2, 0.25) is 5.82 Å². The molecule has 5 aromatic rings. The zero-order valence-electron chi connectivity index (χ0n) is 22.0. The van der Waals surface area contributed by atoms with E-state index >= 15 is 0 Å². The number of amides is 1. The lowest BCUT2D eigenvalue weighted by atomic mass is 9.87. The number of nitrogens with one attached hydrogen (secondary N) is 1. The van der Waals surface area contributed by atoms with Gasteiger partial charge in [0.25, 0.3) is 5.91 Å². The van der Waals surface area contributed by atoms with Crippen LogP contribution in [0.25, 0.3) is 28.0 Å². The van der Waals surface area contributed by atoms with E-state index in [4.69, 9.17) is 10.7 Å². The maximum Gasteiger partial charge on any atom is 0.291 e. The molecule has 2 saturated heterocycles. The predicted octanol–water partition coefficient (Wildman–Crippen LogP) is 2.51. The van der Waals surface area contributed by atoms with Crippen molar-refractivity contribution < 1.29 is 13.2 Å². The number of rotatable bonds is 5. The first-order valence-electron chi connectivity index (χ1n) is 13.2. The van der Waals surface area contributed by atoms with Crippen molar-refractivity contribution in [2.24, 2.45) is 0 Å². The summed E-state index contributed by atoms with van der Waals surface area (Å²) in [6, 6.07) is 7.46. The summed E-state index contributed by atoms with van der Waals surface area (Å²) < 4.78 is 27.5. The minimum absolute atomic E-state index is 0.00905. The highest BCUT2D eigenvalue weighted by atomic mass is 32.2. The number of sulfone groups is 1. The Morgan fingerprint density at radius 3 is 2.41 bits per heavy atom. The fourth-order valence-electron chi connectivity index (χ4n) is 6.29. The van der Waals surface area contributed by atoms with E-state index in [1.165, 1.54) is 10.8 Å². The highest BCUT2D eigenvalue weighted by Gasteiger charge is 2.46. The first-order chi connectivity index (χ1) is 19.8. The summed E-state index contributed by atoms with van der Waals surface area (Å²) in [5, 5.41) is 10.9. The first kappa shape index (κ1) is 25.3. The van der Waals surface area contributed by atoms with Crippen LogP contribution in [0.15, 0.2) is 60.3 Å². The fraction of sp³-hybridized carbons (Fsp3) is 0.296. The molecule has 2 aliphatic rings. The topological polar surface area (TPSA) is 178 Å². The van der Waals surface area contributed by atoms with Crippen LogP contribution in [0.4, 0.5) is 5.82 Å². The van der Waals surface area contributed by atoms with Gasteiger partial charge in [-0.15, -0.1) is 0 Å². The summed E-state index contributed by atoms with van der Waals surface area (Å²) in [5.74, 6) is -0.181. The van der Waals surface area contributed by atoms with E-state index in [1.54, 1.807) is 24.8 Å². The molecule has 2 fully saturated rings. The van der Waals surface area contributed by atoms with Gasteiger partial charge in [0.1, 0.15) is 17.0 Å². The van der Waals surface area contributed by atoms with E-state index in [2.05, 4.69) is 30.2 Å². The molecule has 0 spiro atoms. The third kappa shape index (κ3) is 4.22. The van der Waals surface area contributed by atoms with Crippen molar-refractivity contribution in [3.05, 3.63) is 66.9 Å². The predicted molar refractivity (Wildman–Crippen MR) is 148 cm³/mol. The third-order valence-electron chi connectivity index (χ3n) is 8.06. The largest absolute Gasteiger partial charge is 0.382 e. The number of anilines is 1. The number of nitrogens with two attached hydrogens (primary N) is 1. The molecule has 1 amide bonds. The van der Waals surface area contributed by atoms with E-state index in [0.717, 1.165) is 35.9 Å². The molecule has 2 bridgehead atoms. The van der Waals surface area contributed by atoms with Crippen molar-refractivity contribution in [1.29, 1.82) is 0 Å². The van der Waals surface area contributed by atoms with Crippen LogP contribution >= 0.6 is 0 Å². The number of piperidine rings is 1. The molecular weight excluding hydrogens is 544 g/mol. The van der Waals surface area contributed by atoms with Crippen LogP contribution in [-0.4, -0.2) is 77.3 Å². The van der Waals surface area contributed by atoms with Crippen molar-refractivity contribution >= 4 is 27.2 Å². The Balaban J connectivity index is 1.29. The lowest BCUT2D eigenvalue weighted by Gasteiger charge is -2.38. The minimum Gasteiger partial charge on any atom is -0.382 e. The number of nitrogens with zero attached hydrogens (tertiary/aromatic N) is 8. The van der Waals surface area contributed by atoms with E-state index in [0.29, 0.717) is 29.7 Å². The zero-order valence-corrected chi connectivity index (χ0v) is 22.9. The zero-order chi connectivity index (χ0) is 28.3.